The Labute approximate surface area is 139 Å². The van der Waals surface area contributed by atoms with Crippen LogP contribution in [-0.2, 0) is 16.1 Å². The van der Waals surface area contributed by atoms with Gasteiger partial charge in [-0.1, -0.05) is 30.3 Å². The molecule has 0 aliphatic carbocycles. The first kappa shape index (κ1) is 17.6. The molecule has 0 aliphatic heterocycles. The Kier molecular flexibility index (Phi) is 6.01. The second-order valence-corrected chi connectivity index (χ2v) is 5.24. The van der Waals surface area contributed by atoms with Gasteiger partial charge in [-0.15, -0.1) is 0 Å². The standard InChI is InChI=1S/C18H18F2N2O2/c1-2-22(12-13-6-4-3-5-7-13)18(24)11-17(23)21-16-9-8-14(19)10-15(16)20/h3-10H,2,11-12H2,1H3,(H,21,23). The van der Waals surface area contributed by atoms with Crippen molar-refractivity contribution in [3.05, 3.63) is 65.7 Å². The largest absolute Gasteiger partial charge is 0.338 e. The number of halogens is 2. The lowest BCUT2D eigenvalue weighted by Gasteiger charge is -2.21. The predicted octanol–water partition coefficient (Wildman–Crippen LogP) is 3.34. The van der Waals surface area contributed by atoms with Gasteiger partial charge in [0.05, 0.1) is 5.69 Å². The smallest absolute Gasteiger partial charge is 0.233 e. The molecule has 24 heavy (non-hydrogen) atoms. The quantitative estimate of drug-likeness (QED) is 0.825. The summed E-state index contributed by atoms with van der Waals surface area (Å²) in [5.41, 5.74) is 0.804. The number of nitrogens with one attached hydrogen (secondary N) is 1. The monoisotopic (exact) mass is 332 g/mol. The number of carbonyl (C=O) groups excluding carboxylic acids is 2. The molecule has 1 N–H and O–H groups in total. The first-order valence-corrected chi connectivity index (χ1v) is 7.56. The lowest BCUT2D eigenvalue weighted by Crippen LogP contribution is -2.33. The van der Waals surface area contributed by atoms with Gasteiger partial charge in [-0.05, 0) is 24.6 Å². The summed E-state index contributed by atoms with van der Waals surface area (Å²) in [6.45, 7) is 2.67. The summed E-state index contributed by atoms with van der Waals surface area (Å²) < 4.78 is 26.4. The highest BCUT2D eigenvalue weighted by Gasteiger charge is 2.17. The second-order valence-electron chi connectivity index (χ2n) is 5.24. The summed E-state index contributed by atoms with van der Waals surface area (Å²) >= 11 is 0. The van der Waals surface area contributed by atoms with Crippen LogP contribution in [0.4, 0.5) is 14.5 Å². The number of benzene rings is 2. The summed E-state index contributed by atoms with van der Waals surface area (Å²) in [6, 6.07) is 12.2. The van der Waals surface area contributed by atoms with Gasteiger partial charge in [-0.25, -0.2) is 8.78 Å². The van der Waals surface area contributed by atoms with E-state index in [1.54, 1.807) is 0 Å². The van der Waals surface area contributed by atoms with Crippen LogP contribution in [0.5, 0.6) is 0 Å². The average molecular weight is 332 g/mol. The van der Waals surface area contributed by atoms with E-state index < -0.39 is 24.0 Å². The van der Waals surface area contributed by atoms with Crippen molar-refractivity contribution < 1.29 is 18.4 Å². The Morgan fingerprint density at radius 3 is 2.42 bits per heavy atom. The minimum absolute atomic E-state index is 0.152. The fourth-order valence-corrected chi connectivity index (χ4v) is 2.21. The molecule has 0 atom stereocenters. The Morgan fingerprint density at radius 1 is 1.08 bits per heavy atom. The molecule has 0 heterocycles. The van der Waals surface area contributed by atoms with Crippen molar-refractivity contribution in [3.8, 4) is 0 Å². The fourth-order valence-electron chi connectivity index (χ4n) is 2.21. The van der Waals surface area contributed by atoms with Crippen LogP contribution in [0.2, 0.25) is 0 Å². The lowest BCUT2D eigenvalue weighted by molar-refractivity contribution is -0.134. The molecular weight excluding hydrogens is 314 g/mol. The summed E-state index contributed by atoms with van der Waals surface area (Å²) in [5, 5.41) is 2.28. The average Bonchev–Trinajstić information content (AvgIpc) is 2.56. The van der Waals surface area contributed by atoms with E-state index >= 15 is 0 Å². The molecule has 2 aromatic carbocycles. The Balaban J connectivity index is 1.95. The van der Waals surface area contributed by atoms with Crippen molar-refractivity contribution in [1.82, 2.24) is 4.90 Å². The molecule has 0 radical (unpaired) electrons. The van der Waals surface area contributed by atoms with E-state index in [9.17, 15) is 18.4 Å². The van der Waals surface area contributed by atoms with Gasteiger partial charge in [0.2, 0.25) is 11.8 Å². The summed E-state index contributed by atoms with van der Waals surface area (Å²) in [4.78, 5) is 25.7. The van der Waals surface area contributed by atoms with E-state index in [4.69, 9.17) is 0 Å². The number of amides is 2. The van der Waals surface area contributed by atoms with E-state index in [1.807, 2.05) is 37.3 Å². The van der Waals surface area contributed by atoms with Crippen LogP contribution in [0, 0.1) is 11.6 Å². The Hall–Kier alpha value is -2.76. The number of hydrogen-bond acceptors (Lipinski definition) is 2. The number of anilines is 1. The molecule has 0 aromatic heterocycles. The maximum Gasteiger partial charge on any atom is 0.233 e. The van der Waals surface area contributed by atoms with Crippen molar-refractivity contribution in [2.75, 3.05) is 11.9 Å². The van der Waals surface area contributed by atoms with Crippen LogP contribution in [0.25, 0.3) is 0 Å². The van der Waals surface area contributed by atoms with E-state index in [0.29, 0.717) is 19.2 Å². The van der Waals surface area contributed by atoms with Gasteiger partial charge < -0.3 is 10.2 Å². The molecule has 6 heteroatoms. The summed E-state index contributed by atoms with van der Waals surface area (Å²) in [6.07, 6.45) is -0.405. The molecule has 2 amide bonds. The van der Waals surface area contributed by atoms with Gasteiger partial charge in [-0.3, -0.25) is 9.59 Å². The Morgan fingerprint density at radius 2 is 1.79 bits per heavy atom. The van der Waals surface area contributed by atoms with E-state index in [0.717, 1.165) is 17.7 Å². The van der Waals surface area contributed by atoms with Crippen molar-refractivity contribution in [2.24, 2.45) is 0 Å². The molecule has 4 nitrogen and oxygen atoms in total. The van der Waals surface area contributed by atoms with Gasteiger partial charge in [0.25, 0.3) is 0 Å². The van der Waals surface area contributed by atoms with Gasteiger partial charge >= 0.3 is 0 Å². The molecule has 0 fully saturated rings. The first-order valence-electron chi connectivity index (χ1n) is 7.56. The van der Waals surface area contributed by atoms with Crippen molar-refractivity contribution in [3.63, 3.8) is 0 Å². The van der Waals surface area contributed by atoms with Crippen LogP contribution in [0.1, 0.15) is 18.9 Å². The zero-order chi connectivity index (χ0) is 17.5. The first-order chi connectivity index (χ1) is 11.5. The van der Waals surface area contributed by atoms with Crippen molar-refractivity contribution in [2.45, 2.75) is 19.9 Å². The van der Waals surface area contributed by atoms with Crippen molar-refractivity contribution >= 4 is 17.5 Å². The number of nitrogens with zero attached hydrogens (tertiary/aromatic N) is 1. The maximum atomic E-state index is 13.5. The lowest BCUT2D eigenvalue weighted by atomic mass is 10.2. The molecule has 2 rings (SSSR count). The predicted molar refractivity (Wildman–Crippen MR) is 87.1 cm³/mol. The van der Waals surface area contributed by atoms with E-state index in [2.05, 4.69) is 5.32 Å². The molecular formula is C18H18F2N2O2. The number of rotatable bonds is 6. The van der Waals surface area contributed by atoms with E-state index in [1.165, 1.54) is 4.90 Å². The highest BCUT2D eigenvalue weighted by Crippen LogP contribution is 2.15. The topological polar surface area (TPSA) is 49.4 Å². The van der Waals surface area contributed by atoms with Crippen LogP contribution in [0.15, 0.2) is 48.5 Å². The Bertz CT molecular complexity index is 720. The third-order valence-corrected chi connectivity index (χ3v) is 3.47. The fraction of sp³-hybridized carbons (Fsp3) is 0.222. The minimum Gasteiger partial charge on any atom is -0.338 e. The molecule has 0 bridgehead atoms. The van der Waals surface area contributed by atoms with Gasteiger partial charge in [0.1, 0.15) is 18.1 Å². The van der Waals surface area contributed by atoms with Gasteiger partial charge in [0, 0.05) is 19.2 Å². The molecule has 0 saturated heterocycles. The molecule has 2 aromatic rings. The maximum absolute atomic E-state index is 13.5. The van der Waals surface area contributed by atoms with Crippen LogP contribution in [0.3, 0.4) is 0 Å². The molecule has 0 unspecified atom stereocenters. The van der Waals surface area contributed by atoms with Gasteiger partial charge in [0.15, 0.2) is 0 Å². The van der Waals surface area contributed by atoms with Crippen molar-refractivity contribution in [1.29, 1.82) is 0 Å². The van der Waals surface area contributed by atoms with Crippen LogP contribution < -0.4 is 5.32 Å². The van der Waals surface area contributed by atoms with Gasteiger partial charge in [-0.2, -0.15) is 0 Å². The minimum atomic E-state index is -0.882. The van der Waals surface area contributed by atoms with Crippen LogP contribution >= 0.6 is 0 Å². The third kappa shape index (κ3) is 4.87. The second kappa shape index (κ2) is 8.19. The number of carbonyl (C=O) groups is 2. The highest BCUT2D eigenvalue weighted by atomic mass is 19.1. The third-order valence-electron chi connectivity index (χ3n) is 3.47. The summed E-state index contributed by atoms with van der Waals surface area (Å²) in [7, 11) is 0. The molecule has 0 spiro atoms. The zero-order valence-corrected chi connectivity index (χ0v) is 13.3. The molecule has 126 valence electrons. The van der Waals surface area contributed by atoms with E-state index in [-0.39, 0.29) is 11.6 Å². The SMILES string of the molecule is CCN(Cc1ccccc1)C(=O)CC(=O)Nc1ccc(F)cc1F. The van der Waals surface area contributed by atoms with Crippen LogP contribution in [-0.4, -0.2) is 23.3 Å². The molecule has 0 aliphatic rings. The molecule has 0 saturated carbocycles. The highest BCUT2D eigenvalue weighted by molar-refractivity contribution is 6.03. The normalized spacial score (nSPS) is 10.3. The zero-order valence-electron chi connectivity index (χ0n) is 13.3. The number of hydrogen-bond donors (Lipinski definition) is 1. The summed E-state index contributed by atoms with van der Waals surface area (Å²) in [5.74, 6) is -2.62.